The predicted molar refractivity (Wildman–Crippen MR) is 71.3 cm³/mol. The highest BCUT2D eigenvalue weighted by molar-refractivity contribution is 6.21. The Kier molecular flexibility index (Phi) is 2.77. The molecule has 0 bridgehead atoms. The number of imide groups is 1. The third-order valence-corrected chi connectivity index (χ3v) is 4.12. The minimum atomic E-state index is -0.139. The summed E-state index contributed by atoms with van der Waals surface area (Å²) in [5.41, 5.74) is 6.97. The molecule has 1 saturated heterocycles. The van der Waals surface area contributed by atoms with Crippen LogP contribution in [0.15, 0.2) is 12.3 Å². The molecule has 1 aromatic rings. The third kappa shape index (κ3) is 1.80. The van der Waals surface area contributed by atoms with Crippen LogP contribution in [0, 0.1) is 18.8 Å². The van der Waals surface area contributed by atoms with Gasteiger partial charge >= 0.3 is 0 Å². The molecular weight excluding hydrogens is 242 g/mol. The molecule has 2 heterocycles. The average Bonchev–Trinajstić information content (AvgIpc) is 2.64. The lowest BCUT2D eigenvalue weighted by Crippen LogP contribution is -2.32. The molecule has 0 aromatic carbocycles. The van der Waals surface area contributed by atoms with Crippen LogP contribution < -0.4 is 10.6 Å². The average molecular weight is 259 g/mol. The molecule has 1 saturated carbocycles. The van der Waals surface area contributed by atoms with E-state index in [4.69, 9.17) is 5.73 Å². The second-order valence-electron chi connectivity index (χ2n) is 5.42. The molecule has 1 aromatic heterocycles. The molecule has 5 heteroatoms. The summed E-state index contributed by atoms with van der Waals surface area (Å²) in [6.45, 7) is 1.82. The zero-order valence-corrected chi connectivity index (χ0v) is 10.9. The van der Waals surface area contributed by atoms with E-state index in [2.05, 4.69) is 4.98 Å². The lowest BCUT2D eigenvalue weighted by atomic mass is 9.81. The second-order valence-corrected chi connectivity index (χ2v) is 5.42. The predicted octanol–water partition coefficient (Wildman–Crippen LogP) is 1.65. The summed E-state index contributed by atoms with van der Waals surface area (Å²) in [7, 11) is 0. The fourth-order valence-electron chi connectivity index (χ4n) is 3.19. The van der Waals surface area contributed by atoms with E-state index in [1.165, 1.54) is 11.1 Å². The van der Waals surface area contributed by atoms with Gasteiger partial charge < -0.3 is 5.73 Å². The number of hydrogen-bond donors (Lipinski definition) is 1. The van der Waals surface area contributed by atoms with E-state index in [1.807, 2.05) is 6.92 Å². The van der Waals surface area contributed by atoms with Crippen molar-refractivity contribution in [2.75, 3.05) is 10.6 Å². The van der Waals surface area contributed by atoms with E-state index in [1.54, 1.807) is 6.07 Å². The van der Waals surface area contributed by atoms with Gasteiger partial charge in [0.05, 0.1) is 23.7 Å². The van der Waals surface area contributed by atoms with Crippen LogP contribution >= 0.6 is 0 Å². The van der Waals surface area contributed by atoms with E-state index in [9.17, 15) is 9.59 Å². The van der Waals surface area contributed by atoms with E-state index in [0.29, 0.717) is 11.5 Å². The molecule has 100 valence electrons. The third-order valence-electron chi connectivity index (χ3n) is 4.12. The molecule has 0 spiro atoms. The second kappa shape index (κ2) is 4.33. The fourth-order valence-corrected chi connectivity index (χ4v) is 3.19. The van der Waals surface area contributed by atoms with Crippen molar-refractivity contribution in [3.63, 3.8) is 0 Å². The number of aryl methyl sites for hydroxylation is 1. The number of amides is 2. The van der Waals surface area contributed by atoms with Gasteiger partial charge in [0.2, 0.25) is 11.8 Å². The topological polar surface area (TPSA) is 76.3 Å². The Labute approximate surface area is 111 Å². The van der Waals surface area contributed by atoms with Gasteiger partial charge in [-0.05, 0) is 31.4 Å². The largest absolute Gasteiger partial charge is 0.397 e. The zero-order chi connectivity index (χ0) is 13.6. The summed E-state index contributed by atoms with van der Waals surface area (Å²) < 4.78 is 0. The van der Waals surface area contributed by atoms with Gasteiger partial charge in [-0.15, -0.1) is 0 Å². The van der Waals surface area contributed by atoms with Crippen LogP contribution in [0.25, 0.3) is 0 Å². The molecule has 19 heavy (non-hydrogen) atoms. The summed E-state index contributed by atoms with van der Waals surface area (Å²) in [6, 6.07) is 1.74. The Morgan fingerprint density at radius 3 is 2.32 bits per heavy atom. The Balaban J connectivity index is 2.00. The first-order valence-corrected chi connectivity index (χ1v) is 6.69. The Morgan fingerprint density at radius 1 is 1.21 bits per heavy atom. The summed E-state index contributed by atoms with van der Waals surface area (Å²) in [6.07, 6.45) is 5.19. The normalized spacial score (nSPS) is 26.7. The van der Waals surface area contributed by atoms with Gasteiger partial charge in [-0.3, -0.25) is 9.59 Å². The zero-order valence-electron chi connectivity index (χ0n) is 10.9. The van der Waals surface area contributed by atoms with Crippen molar-refractivity contribution in [3.8, 4) is 0 Å². The van der Waals surface area contributed by atoms with Crippen molar-refractivity contribution in [2.45, 2.75) is 32.6 Å². The first kappa shape index (κ1) is 12.1. The number of hydrogen-bond acceptors (Lipinski definition) is 4. The molecular formula is C14H17N3O2. The van der Waals surface area contributed by atoms with Crippen molar-refractivity contribution in [1.29, 1.82) is 0 Å². The maximum Gasteiger partial charge on any atom is 0.238 e. The molecule has 2 N–H and O–H groups in total. The summed E-state index contributed by atoms with van der Waals surface area (Å²) in [5, 5.41) is 0. The lowest BCUT2D eigenvalue weighted by Gasteiger charge is -2.19. The van der Waals surface area contributed by atoms with Gasteiger partial charge in [-0.2, -0.15) is 0 Å². The van der Waals surface area contributed by atoms with E-state index >= 15 is 0 Å². The van der Waals surface area contributed by atoms with Crippen molar-refractivity contribution >= 4 is 23.3 Å². The van der Waals surface area contributed by atoms with E-state index in [0.717, 1.165) is 31.2 Å². The van der Waals surface area contributed by atoms with Gasteiger partial charge in [-0.1, -0.05) is 12.8 Å². The molecule has 2 fully saturated rings. The van der Waals surface area contributed by atoms with Gasteiger partial charge in [0.25, 0.3) is 0 Å². The molecule has 0 radical (unpaired) electrons. The summed E-state index contributed by atoms with van der Waals surface area (Å²) >= 11 is 0. The van der Waals surface area contributed by atoms with Crippen molar-refractivity contribution < 1.29 is 9.59 Å². The molecule has 3 rings (SSSR count). The Bertz CT molecular complexity index is 532. The highest BCUT2D eigenvalue weighted by Gasteiger charge is 2.49. The standard InChI is InChI=1S/C14H17N3O2/c1-8-6-9(15)7-16-12(8)17-13(18)10-4-2-3-5-11(10)14(17)19/h6-7,10-11H,2-5,15H2,1H3. The van der Waals surface area contributed by atoms with Gasteiger partial charge in [0, 0.05) is 0 Å². The summed E-state index contributed by atoms with van der Waals surface area (Å²) in [5.74, 6) is -0.0104. The van der Waals surface area contributed by atoms with Crippen molar-refractivity contribution in [3.05, 3.63) is 17.8 Å². The quantitative estimate of drug-likeness (QED) is 0.778. The summed E-state index contributed by atoms with van der Waals surface area (Å²) in [4.78, 5) is 30.3. The molecule has 5 nitrogen and oxygen atoms in total. The molecule has 2 atom stereocenters. The van der Waals surface area contributed by atoms with Crippen LogP contribution in [0.5, 0.6) is 0 Å². The molecule has 2 aliphatic rings. The fraction of sp³-hybridized carbons (Fsp3) is 0.500. The Hall–Kier alpha value is -1.91. The number of nitrogens with two attached hydrogens (primary N) is 1. The van der Waals surface area contributed by atoms with Gasteiger partial charge in [-0.25, -0.2) is 9.88 Å². The molecule has 2 amide bonds. The molecule has 1 aliphatic heterocycles. The smallest absolute Gasteiger partial charge is 0.238 e. The maximum absolute atomic E-state index is 12.4. The first-order valence-electron chi connectivity index (χ1n) is 6.69. The van der Waals surface area contributed by atoms with Crippen molar-refractivity contribution in [2.24, 2.45) is 11.8 Å². The maximum atomic E-state index is 12.4. The number of nitrogens with zero attached hydrogens (tertiary/aromatic N) is 2. The first-order chi connectivity index (χ1) is 9.09. The number of nitrogen functional groups attached to an aromatic ring is 1. The van der Waals surface area contributed by atoms with Gasteiger partial charge in [0.15, 0.2) is 0 Å². The van der Waals surface area contributed by atoms with Crippen LogP contribution in [-0.2, 0) is 9.59 Å². The number of carbonyl (C=O) groups excluding carboxylic acids is 2. The Morgan fingerprint density at radius 2 is 1.79 bits per heavy atom. The lowest BCUT2D eigenvalue weighted by molar-refractivity contribution is -0.122. The highest BCUT2D eigenvalue weighted by atomic mass is 16.2. The SMILES string of the molecule is Cc1cc(N)cnc1N1C(=O)C2CCCCC2C1=O. The van der Waals surface area contributed by atoms with Crippen LogP contribution in [0.2, 0.25) is 0 Å². The number of anilines is 2. The van der Waals surface area contributed by atoms with E-state index < -0.39 is 0 Å². The monoisotopic (exact) mass is 259 g/mol. The number of pyridine rings is 1. The number of aromatic nitrogens is 1. The van der Waals surface area contributed by atoms with E-state index in [-0.39, 0.29) is 23.7 Å². The molecule has 1 aliphatic carbocycles. The van der Waals surface area contributed by atoms with Crippen molar-refractivity contribution in [1.82, 2.24) is 4.98 Å². The van der Waals surface area contributed by atoms with Crippen LogP contribution in [0.4, 0.5) is 11.5 Å². The van der Waals surface area contributed by atoms with Gasteiger partial charge in [0.1, 0.15) is 5.82 Å². The van der Waals surface area contributed by atoms with Crippen LogP contribution in [-0.4, -0.2) is 16.8 Å². The van der Waals surface area contributed by atoms with Crippen LogP contribution in [0.1, 0.15) is 31.2 Å². The number of carbonyl (C=O) groups is 2. The number of rotatable bonds is 1. The minimum Gasteiger partial charge on any atom is -0.397 e. The molecule has 2 unspecified atom stereocenters. The number of fused-ring (bicyclic) bond motifs is 1. The highest BCUT2D eigenvalue weighted by Crippen LogP contribution is 2.40. The van der Waals surface area contributed by atoms with Crippen LogP contribution in [0.3, 0.4) is 0 Å². The minimum absolute atomic E-state index is 0.0879.